The number of hydrogen-bond acceptors (Lipinski definition) is 5. The van der Waals surface area contributed by atoms with Gasteiger partial charge in [0.05, 0.1) is 6.67 Å². The number of fused-ring (bicyclic) bond motifs is 2. The molecule has 0 N–H and O–H groups in total. The van der Waals surface area contributed by atoms with E-state index in [1.807, 2.05) is 17.7 Å². The van der Waals surface area contributed by atoms with Crippen molar-refractivity contribution in [2.75, 3.05) is 6.54 Å². The molecule has 0 aliphatic carbocycles. The minimum absolute atomic E-state index is 0.0350. The Hall–Kier alpha value is -2.02. The van der Waals surface area contributed by atoms with E-state index in [0.717, 1.165) is 68.2 Å². The van der Waals surface area contributed by atoms with Gasteiger partial charge in [-0.3, -0.25) is 9.47 Å². The second-order valence-electron chi connectivity index (χ2n) is 6.49. The van der Waals surface area contributed by atoms with Gasteiger partial charge in [-0.1, -0.05) is 6.42 Å². The summed E-state index contributed by atoms with van der Waals surface area (Å²) in [6.45, 7) is 4.96. The lowest BCUT2D eigenvalue weighted by atomic mass is 10.1. The van der Waals surface area contributed by atoms with E-state index < -0.39 is 0 Å². The van der Waals surface area contributed by atoms with Crippen molar-refractivity contribution in [3.05, 3.63) is 39.6 Å². The number of rotatable bonds is 2. The van der Waals surface area contributed by atoms with Gasteiger partial charge < -0.3 is 0 Å². The zero-order chi connectivity index (χ0) is 15.8. The fourth-order valence-corrected chi connectivity index (χ4v) is 3.50. The predicted octanol–water partition coefficient (Wildman–Crippen LogP) is 0.885. The van der Waals surface area contributed by atoms with Gasteiger partial charge in [0.2, 0.25) is 0 Å². The minimum Gasteiger partial charge on any atom is -0.279 e. The summed E-state index contributed by atoms with van der Waals surface area (Å²) in [5.74, 6) is 1.77. The molecule has 2 aromatic heterocycles. The third kappa shape index (κ3) is 2.81. The van der Waals surface area contributed by atoms with E-state index in [0.29, 0.717) is 6.67 Å². The summed E-state index contributed by atoms with van der Waals surface area (Å²) < 4.78 is 3.48. The second-order valence-corrected chi connectivity index (χ2v) is 6.49. The molecule has 0 saturated carbocycles. The van der Waals surface area contributed by atoms with Crippen LogP contribution in [0.15, 0.2) is 11.0 Å². The molecule has 7 nitrogen and oxygen atoms in total. The third-order valence-electron chi connectivity index (χ3n) is 4.75. The van der Waals surface area contributed by atoms with Crippen LogP contribution >= 0.6 is 0 Å². The van der Waals surface area contributed by atoms with Gasteiger partial charge in [-0.2, -0.15) is 9.78 Å². The highest BCUT2D eigenvalue weighted by molar-refractivity contribution is 5.20. The van der Waals surface area contributed by atoms with Crippen LogP contribution < -0.4 is 5.69 Å². The first-order chi connectivity index (χ1) is 11.2. The average Bonchev–Trinajstić information content (AvgIpc) is 2.73. The molecule has 2 aromatic rings. The van der Waals surface area contributed by atoms with Crippen LogP contribution in [0.1, 0.15) is 42.2 Å². The van der Waals surface area contributed by atoms with Gasteiger partial charge in [-0.25, -0.2) is 14.8 Å². The quantitative estimate of drug-likeness (QED) is 0.823. The minimum atomic E-state index is 0.0350. The highest BCUT2D eigenvalue weighted by Crippen LogP contribution is 2.17. The van der Waals surface area contributed by atoms with Crippen molar-refractivity contribution in [1.82, 2.24) is 29.2 Å². The monoisotopic (exact) mass is 314 g/mol. The number of hydrogen-bond donors (Lipinski definition) is 0. The molecule has 0 bridgehead atoms. The molecule has 23 heavy (non-hydrogen) atoms. The van der Waals surface area contributed by atoms with E-state index in [-0.39, 0.29) is 5.69 Å². The van der Waals surface area contributed by atoms with Crippen LogP contribution in [-0.2, 0) is 32.6 Å². The molecule has 2 aliphatic heterocycles. The maximum Gasteiger partial charge on any atom is 0.347 e. The molecule has 0 radical (unpaired) electrons. The van der Waals surface area contributed by atoms with Gasteiger partial charge in [-0.15, -0.1) is 0 Å². The lowest BCUT2D eigenvalue weighted by Gasteiger charge is -2.27. The number of nitrogens with zero attached hydrogens (tertiary/aromatic N) is 6. The van der Waals surface area contributed by atoms with Crippen molar-refractivity contribution in [2.24, 2.45) is 0 Å². The van der Waals surface area contributed by atoms with Gasteiger partial charge in [0, 0.05) is 49.9 Å². The molecule has 0 fully saturated rings. The Labute approximate surface area is 135 Å². The largest absolute Gasteiger partial charge is 0.347 e. The summed E-state index contributed by atoms with van der Waals surface area (Å²) in [7, 11) is 0. The summed E-state index contributed by atoms with van der Waals surface area (Å²) in [5.41, 5.74) is 2.34. The van der Waals surface area contributed by atoms with Gasteiger partial charge >= 0.3 is 5.69 Å². The Morgan fingerprint density at radius 3 is 3.00 bits per heavy atom. The van der Waals surface area contributed by atoms with Gasteiger partial charge in [-0.05, 0) is 19.8 Å². The van der Waals surface area contributed by atoms with Crippen molar-refractivity contribution in [1.29, 1.82) is 0 Å². The van der Waals surface area contributed by atoms with Crippen LogP contribution in [-0.4, -0.2) is 35.8 Å². The molecule has 0 unspecified atom stereocenters. The van der Waals surface area contributed by atoms with Crippen LogP contribution in [0.25, 0.3) is 0 Å². The first-order valence-electron chi connectivity index (χ1n) is 8.41. The van der Waals surface area contributed by atoms with Crippen molar-refractivity contribution < 1.29 is 0 Å². The molecule has 0 amide bonds. The van der Waals surface area contributed by atoms with E-state index in [2.05, 4.69) is 20.0 Å². The van der Waals surface area contributed by atoms with Crippen LogP contribution in [0.4, 0.5) is 0 Å². The molecule has 4 rings (SSSR count). The summed E-state index contributed by atoms with van der Waals surface area (Å²) >= 11 is 0. The van der Waals surface area contributed by atoms with E-state index in [4.69, 9.17) is 0 Å². The second kappa shape index (κ2) is 5.88. The topological polar surface area (TPSA) is 68.8 Å². The highest BCUT2D eigenvalue weighted by Gasteiger charge is 2.21. The third-order valence-corrected chi connectivity index (χ3v) is 4.75. The van der Waals surface area contributed by atoms with Crippen LogP contribution in [0, 0.1) is 6.92 Å². The van der Waals surface area contributed by atoms with Gasteiger partial charge in [0.1, 0.15) is 11.6 Å². The maximum atomic E-state index is 12.5. The Morgan fingerprint density at radius 1 is 1.17 bits per heavy atom. The van der Waals surface area contributed by atoms with Crippen molar-refractivity contribution >= 4 is 0 Å². The maximum absolute atomic E-state index is 12.5. The molecular formula is C16H22N6O. The molecule has 7 heteroatoms. The van der Waals surface area contributed by atoms with Crippen molar-refractivity contribution in [2.45, 2.75) is 58.8 Å². The smallest absolute Gasteiger partial charge is 0.279 e. The van der Waals surface area contributed by atoms with Gasteiger partial charge in [0.25, 0.3) is 0 Å². The molecule has 0 saturated heterocycles. The number of aromatic nitrogens is 5. The van der Waals surface area contributed by atoms with Crippen molar-refractivity contribution in [3.63, 3.8) is 0 Å². The van der Waals surface area contributed by atoms with Crippen molar-refractivity contribution in [3.8, 4) is 0 Å². The Bertz CT molecular complexity index is 777. The standard InChI is InChI=1S/C16H22N6O/c1-12-17-9-13-10-20(8-6-14(13)18-12)11-22-16(23)21-7-4-2-3-5-15(21)19-22/h9H,2-8,10-11H2,1H3. The fourth-order valence-electron chi connectivity index (χ4n) is 3.50. The molecule has 122 valence electrons. The fraction of sp³-hybridized carbons (Fsp3) is 0.625. The van der Waals surface area contributed by atoms with E-state index in [9.17, 15) is 4.79 Å². The molecule has 2 aliphatic rings. The van der Waals surface area contributed by atoms with Gasteiger partial charge in [0.15, 0.2) is 0 Å². The lowest BCUT2D eigenvalue weighted by Crippen LogP contribution is -2.37. The Morgan fingerprint density at radius 2 is 2.09 bits per heavy atom. The molecule has 4 heterocycles. The normalized spacial score (nSPS) is 18.3. The van der Waals surface area contributed by atoms with Crippen LogP contribution in [0.5, 0.6) is 0 Å². The van der Waals surface area contributed by atoms with Crippen LogP contribution in [0.3, 0.4) is 0 Å². The highest BCUT2D eigenvalue weighted by atomic mass is 16.2. The summed E-state index contributed by atoms with van der Waals surface area (Å²) in [5, 5.41) is 4.57. The summed E-state index contributed by atoms with van der Waals surface area (Å²) in [6.07, 6.45) is 7.12. The molecule has 0 atom stereocenters. The summed E-state index contributed by atoms with van der Waals surface area (Å²) in [4.78, 5) is 23.6. The van der Waals surface area contributed by atoms with E-state index >= 15 is 0 Å². The predicted molar refractivity (Wildman–Crippen MR) is 84.9 cm³/mol. The average molecular weight is 314 g/mol. The number of aryl methyl sites for hydroxylation is 2. The first-order valence-corrected chi connectivity index (χ1v) is 8.41. The van der Waals surface area contributed by atoms with E-state index in [1.54, 1.807) is 4.68 Å². The molecule has 0 aromatic carbocycles. The molecule has 0 spiro atoms. The summed E-state index contributed by atoms with van der Waals surface area (Å²) in [6, 6.07) is 0. The SMILES string of the molecule is Cc1ncc2c(n1)CCN(Cn1nc3n(c1=O)CCCCC3)C2. The zero-order valence-corrected chi connectivity index (χ0v) is 13.5. The Kier molecular flexibility index (Phi) is 3.72. The molecular weight excluding hydrogens is 292 g/mol. The van der Waals surface area contributed by atoms with E-state index in [1.165, 1.54) is 6.42 Å². The Balaban J connectivity index is 1.53. The zero-order valence-electron chi connectivity index (χ0n) is 13.5. The lowest BCUT2D eigenvalue weighted by molar-refractivity contribution is 0.183. The van der Waals surface area contributed by atoms with Crippen LogP contribution in [0.2, 0.25) is 0 Å². The first kappa shape index (κ1) is 14.6.